The number of nitrogens with one attached hydrogen (secondary N) is 2. The van der Waals surface area contributed by atoms with E-state index in [-0.39, 0.29) is 27.6 Å². The largest absolute Gasteiger partial charge is 0.494 e. The molecule has 4 rings (SSSR count). The number of sulfonamides is 1. The van der Waals surface area contributed by atoms with Crippen molar-refractivity contribution >= 4 is 27.3 Å². The molecule has 0 spiro atoms. The summed E-state index contributed by atoms with van der Waals surface area (Å²) in [6.07, 6.45) is 0. The highest BCUT2D eigenvalue weighted by molar-refractivity contribution is 7.92. The van der Waals surface area contributed by atoms with Gasteiger partial charge in [0.15, 0.2) is 17.3 Å². The fraction of sp³-hybridized carbons (Fsp3) is 0.0500. The summed E-state index contributed by atoms with van der Waals surface area (Å²) >= 11 is 0. The average Bonchev–Trinajstić information content (AvgIpc) is 2.83. The lowest BCUT2D eigenvalue weighted by Crippen LogP contribution is -2.15. The fourth-order valence-corrected chi connectivity index (χ4v) is 3.92. The molecule has 1 amide bonds. The summed E-state index contributed by atoms with van der Waals surface area (Å²) in [6.45, 7) is 0. The zero-order chi connectivity index (χ0) is 20.6. The predicted octanol–water partition coefficient (Wildman–Crippen LogP) is 3.99. The first-order valence-corrected chi connectivity index (χ1v) is 9.94. The zero-order valence-electron chi connectivity index (χ0n) is 15.1. The quantitative estimate of drug-likeness (QED) is 0.673. The van der Waals surface area contributed by atoms with Crippen LogP contribution in [0.15, 0.2) is 65.6 Å². The maximum atomic E-state index is 13.9. The van der Waals surface area contributed by atoms with E-state index in [2.05, 4.69) is 10.0 Å². The van der Waals surface area contributed by atoms with Crippen molar-refractivity contribution < 1.29 is 27.1 Å². The molecule has 3 aromatic carbocycles. The first-order valence-electron chi connectivity index (χ1n) is 8.46. The molecular formula is C20H15FN2O5S. The third-order valence-electron chi connectivity index (χ3n) is 4.27. The molecule has 0 fully saturated rings. The summed E-state index contributed by atoms with van der Waals surface area (Å²) in [5.74, 6) is -0.556. The Balaban J connectivity index is 1.65. The number of benzene rings is 3. The summed E-state index contributed by atoms with van der Waals surface area (Å²) in [6, 6.07) is 14.5. The molecule has 2 N–H and O–H groups in total. The maximum absolute atomic E-state index is 13.9. The van der Waals surface area contributed by atoms with Crippen LogP contribution < -0.4 is 19.5 Å². The number of carbonyl (C=O) groups excluding carboxylic acids is 1. The van der Waals surface area contributed by atoms with Gasteiger partial charge >= 0.3 is 0 Å². The normalized spacial score (nSPS) is 12.7. The van der Waals surface area contributed by atoms with E-state index in [1.165, 1.54) is 37.4 Å². The van der Waals surface area contributed by atoms with Crippen LogP contribution in [0.4, 0.5) is 15.8 Å². The van der Waals surface area contributed by atoms with Gasteiger partial charge in [0.2, 0.25) is 0 Å². The second-order valence-corrected chi connectivity index (χ2v) is 7.85. The molecule has 0 bridgehead atoms. The number of para-hydroxylation sites is 2. The molecule has 148 valence electrons. The smallest absolute Gasteiger partial charge is 0.262 e. The molecule has 1 aliphatic heterocycles. The van der Waals surface area contributed by atoms with Gasteiger partial charge in [0, 0.05) is 5.69 Å². The van der Waals surface area contributed by atoms with E-state index < -0.39 is 21.7 Å². The van der Waals surface area contributed by atoms with Gasteiger partial charge in [-0.15, -0.1) is 0 Å². The molecule has 0 atom stereocenters. The van der Waals surface area contributed by atoms with Gasteiger partial charge in [-0.25, -0.2) is 12.8 Å². The van der Waals surface area contributed by atoms with Crippen molar-refractivity contribution in [2.45, 2.75) is 4.90 Å². The molecular weight excluding hydrogens is 399 g/mol. The van der Waals surface area contributed by atoms with Gasteiger partial charge in [-0.1, -0.05) is 12.1 Å². The molecule has 29 heavy (non-hydrogen) atoms. The van der Waals surface area contributed by atoms with Gasteiger partial charge < -0.3 is 14.8 Å². The number of methoxy groups -OCH3 is 1. The van der Waals surface area contributed by atoms with Crippen LogP contribution in [-0.2, 0) is 10.0 Å². The van der Waals surface area contributed by atoms with Gasteiger partial charge in [-0.05, 0) is 48.5 Å². The lowest BCUT2D eigenvalue weighted by Gasteiger charge is -2.12. The van der Waals surface area contributed by atoms with Crippen molar-refractivity contribution in [3.8, 4) is 17.2 Å². The van der Waals surface area contributed by atoms with Crippen molar-refractivity contribution in [2.24, 2.45) is 0 Å². The van der Waals surface area contributed by atoms with Crippen molar-refractivity contribution in [3.05, 3.63) is 72.0 Å². The molecule has 7 nitrogen and oxygen atoms in total. The maximum Gasteiger partial charge on any atom is 0.262 e. The van der Waals surface area contributed by atoms with Crippen LogP contribution >= 0.6 is 0 Å². The second-order valence-electron chi connectivity index (χ2n) is 6.17. The fourth-order valence-electron chi connectivity index (χ4n) is 2.86. The third-order valence-corrected chi connectivity index (χ3v) is 5.64. The highest BCUT2D eigenvalue weighted by Crippen LogP contribution is 2.36. The monoisotopic (exact) mass is 414 g/mol. The number of amides is 1. The summed E-state index contributed by atoms with van der Waals surface area (Å²) < 4.78 is 52.0. The Morgan fingerprint density at radius 2 is 1.83 bits per heavy atom. The molecule has 0 saturated carbocycles. The highest BCUT2D eigenvalue weighted by Gasteiger charge is 2.23. The Bertz CT molecular complexity index is 1230. The van der Waals surface area contributed by atoms with Gasteiger partial charge in [-0.3, -0.25) is 9.52 Å². The SMILES string of the molecule is COc1ccc(S(=O)(=O)Nc2ccc3c(c2)C(=O)Nc2ccccc2O3)cc1F. The number of halogens is 1. The standard InChI is InChI=1S/C20H15FN2O5S/c1-27-18-9-7-13(11-15(18)21)29(25,26)23-12-6-8-17-14(10-12)20(24)22-16-4-2-3-5-19(16)28-17/h2-11,23H,1H3,(H,22,24). The topological polar surface area (TPSA) is 93.7 Å². The summed E-state index contributed by atoms with van der Waals surface area (Å²) in [7, 11) is -2.80. The molecule has 0 aromatic heterocycles. The summed E-state index contributed by atoms with van der Waals surface area (Å²) in [5.41, 5.74) is 0.788. The number of fused-ring (bicyclic) bond motifs is 2. The molecule has 0 saturated heterocycles. The Hall–Kier alpha value is -3.59. The van der Waals surface area contributed by atoms with E-state index >= 15 is 0 Å². The molecule has 3 aromatic rings. The number of ether oxygens (including phenoxy) is 2. The van der Waals surface area contributed by atoms with Crippen molar-refractivity contribution in [3.63, 3.8) is 0 Å². The minimum atomic E-state index is -4.09. The van der Waals surface area contributed by atoms with E-state index in [0.717, 1.165) is 6.07 Å². The molecule has 0 unspecified atom stereocenters. The van der Waals surface area contributed by atoms with Crippen LogP contribution in [0.25, 0.3) is 0 Å². The second kappa shape index (κ2) is 7.10. The first-order chi connectivity index (χ1) is 13.9. The van der Waals surface area contributed by atoms with Crippen LogP contribution in [-0.4, -0.2) is 21.4 Å². The number of carbonyl (C=O) groups is 1. The Morgan fingerprint density at radius 1 is 1.03 bits per heavy atom. The number of hydrogen-bond acceptors (Lipinski definition) is 5. The van der Waals surface area contributed by atoms with Gasteiger partial charge in [0.05, 0.1) is 23.3 Å². The average molecular weight is 414 g/mol. The van der Waals surface area contributed by atoms with Crippen LogP contribution in [0.3, 0.4) is 0 Å². The van der Waals surface area contributed by atoms with Crippen molar-refractivity contribution in [1.29, 1.82) is 0 Å². The van der Waals surface area contributed by atoms with Crippen molar-refractivity contribution in [1.82, 2.24) is 0 Å². The van der Waals surface area contributed by atoms with E-state index in [1.807, 2.05) is 0 Å². The van der Waals surface area contributed by atoms with E-state index in [0.29, 0.717) is 11.4 Å². The number of hydrogen-bond donors (Lipinski definition) is 2. The number of anilines is 2. The first kappa shape index (κ1) is 18.8. The van der Waals surface area contributed by atoms with Crippen LogP contribution in [0, 0.1) is 5.82 Å². The molecule has 0 aliphatic carbocycles. The van der Waals surface area contributed by atoms with Crippen LogP contribution in [0.5, 0.6) is 17.2 Å². The summed E-state index contributed by atoms with van der Waals surface area (Å²) in [4.78, 5) is 12.3. The lowest BCUT2D eigenvalue weighted by molar-refractivity contribution is 0.102. The molecule has 1 aliphatic rings. The predicted molar refractivity (Wildman–Crippen MR) is 105 cm³/mol. The minimum Gasteiger partial charge on any atom is -0.494 e. The number of rotatable bonds is 4. The van der Waals surface area contributed by atoms with Gasteiger partial charge in [0.25, 0.3) is 15.9 Å². The highest BCUT2D eigenvalue weighted by atomic mass is 32.2. The van der Waals surface area contributed by atoms with Gasteiger partial charge in [0.1, 0.15) is 5.75 Å². The van der Waals surface area contributed by atoms with Gasteiger partial charge in [-0.2, -0.15) is 0 Å². The molecule has 9 heteroatoms. The minimum absolute atomic E-state index is 0.0673. The van der Waals surface area contributed by atoms with E-state index in [4.69, 9.17) is 9.47 Å². The van der Waals surface area contributed by atoms with Crippen LogP contribution in [0.2, 0.25) is 0 Å². The third kappa shape index (κ3) is 3.59. The van der Waals surface area contributed by atoms with Crippen molar-refractivity contribution in [2.75, 3.05) is 17.1 Å². The summed E-state index contributed by atoms with van der Waals surface area (Å²) in [5, 5.41) is 2.72. The molecule has 1 heterocycles. The molecule has 0 radical (unpaired) electrons. The Morgan fingerprint density at radius 3 is 2.59 bits per heavy atom. The lowest BCUT2D eigenvalue weighted by atomic mass is 10.1. The van der Waals surface area contributed by atoms with E-state index in [1.54, 1.807) is 24.3 Å². The Kier molecular flexibility index (Phi) is 4.59. The zero-order valence-corrected chi connectivity index (χ0v) is 15.9. The van der Waals surface area contributed by atoms with E-state index in [9.17, 15) is 17.6 Å². The Labute approximate surface area is 166 Å². The van der Waals surface area contributed by atoms with Crippen LogP contribution in [0.1, 0.15) is 10.4 Å².